The minimum absolute atomic E-state index is 0.385. The number of rotatable bonds is 4. The number of thioether (sulfide) groups is 1. The summed E-state index contributed by atoms with van der Waals surface area (Å²) in [4.78, 5) is 15.2. The number of ether oxygens (including phenoxy) is 1. The van der Waals surface area contributed by atoms with Gasteiger partial charge in [-0.3, -0.25) is 0 Å². The van der Waals surface area contributed by atoms with Crippen LogP contribution < -0.4 is 15.0 Å². The van der Waals surface area contributed by atoms with Crippen LogP contribution in [0.25, 0.3) is 0 Å². The van der Waals surface area contributed by atoms with Crippen LogP contribution in [0.4, 0.5) is 11.9 Å². The largest absolute Gasteiger partial charge is 0.464 e. The highest BCUT2D eigenvalue weighted by molar-refractivity contribution is 8.00. The molecular formula is C12H21N5OS. The van der Waals surface area contributed by atoms with Crippen LogP contribution in [0, 0.1) is 0 Å². The average Bonchev–Trinajstić information content (AvgIpc) is 2.37. The monoisotopic (exact) mass is 283 g/mol. The predicted octanol–water partition coefficient (Wildman–Crippen LogP) is 1.64. The van der Waals surface area contributed by atoms with Gasteiger partial charge in [-0.25, -0.2) is 0 Å². The quantitative estimate of drug-likeness (QED) is 0.901. The molecule has 0 radical (unpaired) electrons. The zero-order valence-corrected chi connectivity index (χ0v) is 12.7. The fourth-order valence-electron chi connectivity index (χ4n) is 2.13. The molecule has 0 amide bonds. The standard InChI is InChI=1S/C12H21N5OS/c1-5-18-12-15-10(13-4)14-11(16-12)17-6-8(2)19-9(3)7-17/h8-9H,5-7H2,1-4H3,(H,13,14,15,16). The predicted molar refractivity (Wildman–Crippen MR) is 79.3 cm³/mol. The second-order valence-corrected chi connectivity index (χ2v) is 6.47. The van der Waals surface area contributed by atoms with E-state index in [1.54, 1.807) is 7.05 Å². The molecule has 1 aromatic heterocycles. The molecule has 6 nitrogen and oxygen atoms in total. The summed E-state index contributed by atoms with van der Waals surface area (Å²) in [7, 11) is 1.80. The smallest absolute Gasteiger partial charge is 0.323 e. The van der Waals surface area contributed by atoms with Gasteiger partial charge in [-0.1, -0.05) is 13.8 Å². The molecule has 7 heteroatoms. The number of hydrogen-bond donors (Lipinski definition) is 1. The molecule has 2 atom stereocenters. The lowest BCUT2D eigenvalue weighted by Crippen LogP contribution is -2.41. The second kappa shape index (κ2) is 6.27. The summed E-state index contributed by atoms with van der Waals surface area (Å²) in [6.07, 6.45) is 0. The molecule has 1 N–H and O–H groups in total. The normalized spacial score (nSPS) is 23.3. The van der Waals surface area contributed by atoms with Crippen molar-refractivity contribution in [2.24, 2.45) is 0 Å². The van der Waals surface area contributed by atoms with Gasteiger partial charge in [-0.15, -0.1) is 0 Å². The van der Waals surface area contributed by atoms with Crippen LogP contribution in [0.1, 0.15) is 20.8 Å². The summed E-state index contributed by atoms with van der Waals surface area (Å²) in [5, 5.41) is 4.11. The van der Waals surface area contributed by atoms with Crippen molar-refractivity contribution >= 4 is 23.7 Å². The van der Waals surface area contributed by atoms with Crippen LogP contribution >= 0.6 is 11.8 Å². The number of aromatic nitrogens is 3. The SMILES string of the molecule is CCOc1nc(NC)nc(N2CC(C)SC(C)C2)n1. The van der Waals surface area contributed by atoms with E-state index in [0.29, 0.717) is 35.0 Å². The van der Waals surface area contributed by atoms with Crippen molar-refractivity contribution in [1.29, 1.82) is 0 Å². The first-order valence-corrected chi connectivity index (χ1v) is 7.53. The first kappa shape index (κ1) is 14.2. The molecule has 2 unspecified atom stereocenters. The fraction of sp³-hybridized carbons (Fsp3) is 0.750. The summed E-state index contributed by atoms with van der Waals surface area (Å²) in [6.45, 7) is 8.84. The number of nitrogens with zero attached hydrogens (tertiary/aromatic N) is 4. The summed E-state index contributed by atoms with van der Waals surface area (Å²) in [5.41, 5.74) is 0. The minimum atomic E-state index is 0.385. The molecule has 106 valence electrons. The molecule has 2 rings (SSSR count). The number of anilines is 2. The molecule has 19 heavy (non-hydrogen) atoms. The molecule has 0 bridgehead atoms. The Bertz CT molecular complexity index is 421. The maximum absolute atomic E-state index is 5.40. The van der Waals surface area contributed by atoms with Crippen molar-refractivity contribution < 1.29 is 4.74 Å². The van der Waals surface area contributed by atoms with Crippen LogP contribution in [-0.2, 0) is 0 Å². The maximum atomic E-state index is 5.40. The van der Waals surface area contributed by atoms with Crippen LogP contribution in [-0.4, -0.2) is 52.2 Å². The summed E-state index contributed by atoms with van der Waals surface area (Å²) in [5.74, 6) is 1.24. The molecular weight excluding hydrogens is 262 g/mol. The van der Waals surface area contributed by atoms with E-state index in [9.17, 15) is 0 Å². The molecule has 1 saturated heterocycles. The van der Waals surface area contributed by atoms with E-state index in [1.807, 2.05) is 18.7 Å². The van der Waals surface area contributed by atoms with Crippen molar-refractivity contribution in [1.82, 2.24) is 15.0 Å². The Morgan fingerprint density at radius 1 is 1.26 bits per heavy atom. The van der Waals surface area contributed by atoms with Crippen molar-refractivity contribution in [2.45, 2.75) is 31.3 Å². The van der Waals surface area contributed by atoms with Crippen molar-refractivity contribution in [3.8, 4) is 6.01 Å². The van der Waals surface area contributed by atoms with Gasteiger partial charge < -0.3 is 15.0 Å². The topological polar surface area (TPSA) is 63.2 Å². The zero-order chi connectivity index (χ0) is 13.8. The molecule has 0 aromatic carbocycles. The van der Waals surface area contributed by atoms with Gasteiger partial charge >= 0.3 is 6.01 Å². The molecule has 1 aliphatic rings. The Morgan fingerprint density at radius 2 is 1.95 bits per heavy atom. The summed E-state index contributed by atoms with van der Waals surface area (Å²) >= 11 is 2.00. The van der Waals surface area contributed by atoms with E-state index >= 15 is 0 Å². The number of nitrogens with one attached hydrogen (secondary N) is 1. The van der Waals surface area contributed by atoms with Crippen molar-refractivity contribution in [2.75, 3.05) is 37.0 Å². The van der Waals surface area contributed by atoms with E-state index < -0.39 is 0 Å². The molecule has 0 aliphatic carbocycles. The molecule has 2 heterocycles. The van der Waals surface area contributed by atoms with Crippen LogP contribution in [0.3, 0.4) is 0 Å². The summed E-state index contributed by atoms with van der Waals surface area (Å²) in [6, 6.07) is 0.385. The Kier molecular flexibility index (Phi) is 4.68. The van der Waals surface area contributed by atoms with Gasteiger partial charge in [-0.2, -0.15) is 26.7 Å². The van der Waals surface area contributed by atoms with Gasteiger partial charge in [-0.05, 0) is 6.92 Å². The third kappa shape index (κ3) is 3.62. The van der Waals surface area contributed by atoms with Crippen molar-refractivity contribution in [3.05, 3.63) is 0 Å². The van der Waals surface area contributed by atoms with E-state index in [2.05, 4.69) is 39.0 Å². The van der Waals surface area contributed by atoms with Gasteiger partial charge in [0.25, 0.3) is 0 Å². The lowest BCUT2D eigenvalue weighted by molar-refractivity contribution is 0.312. The molecule has 1 aliphatic heterocycles. The van der Waals surface area contributed by atoms with E-state index in [-0.39, 0.29) is 0 Å². The Labute approximate surface area is 118 Å². The highest BCUT2D eigenvalue weighted by atomic mass is 32.2. The third-order valence-electron chi connectivity index (χ3n) is 2.80. The fourth-order valence-corrected chi connectivity index (χ4v) is 3.46. The second-order valence-electron chi connectivity index (χ2n) is 4.59. The lowest BCUT2D eigenvalue weighted by atomic mass is 10.3. The van der Waals surface area contributed by atoms with Gasteiger partial charge in [0.15, 0.2) is 0 Å². The van der Waals surface area contributed by atoms with E-state index in [4.69, 9.17) is 4.74 Å². The van der Waals surface area contributed by atoms with Crippen LogP contribution in [0.15, 0.2) is 0 Å². The highest BCUT2D eigenvalue weighted by Gasteiger charge is 2.25. The minimum Gasteiger partial charge on any atom is -0.464 e. The Morgan fingerprint density at radius 3 is 2.53 bits per heavy atom. The Balaban J connectivity index is 2.24. The van der Waals surface area contributed by atoms with Gasteiger partial charge in [0.05, 0.1) is 6.61 Å². The van der Waals surface area contributed by atoms with Gasteiger partial charge in [0.1, 0.15) is 0 Å². The van der Waals surface area contributed by atoms with Crippen molar-refractivity contribution in [3.63, 3.8) is 0 Å². The van der Waals surface area contributed by atoms with E-state index in [0.717, 1.165) is 13.1 Å². The third-order valence-corrected chi connectivity index (χ3v) is 4.03. The highest BCUT2D eigenvalue weighted by Crippen LogP contribution is 2.27. The van der Waals surface area contributed by atoms with Gasteiger partial charge in [0, 0.05) is 30.6 Å². The average molecular weight is 283 g/mol. The van der Waals surface area contributed by atoms with Gasteiger partial charge in [0.2, 0.25) is 11.9 Å². The first-order valence-electron chi connectivity index (χ1n) is 6.59. The molecule has 1 aromatic rings. The maximum Gasteiger partial charge on any atom is 0.323 e. The van der Waals surface area contributed by atoms with Crippen LogP contribution in [0.2, 0.25) is 0 Å². The molecule has 0 saturated carbocycles. The zero-order valence-electron chi connectivity index (χ0n) is 11.9. The first-order chi connectivity index (χ1) is 9.12. The molecule has 0 spiro atoms. The van der Waals surface area contributed by atoms with E-state index in [1.165, 1.54) is 0 Å². The van der Waals surface area contributed by atoms with Crippen LogP contribution in [0.5, 0.6) is 6.01 Å². The lowest BCUT2D eigenvalue weighted by Gasteiger charge is -2.34. The summed E-state index contributed by atoms with van der Waals surface area (Å²) < 4.78 is 5.40. The Hall–Kier alpha value is -1.24. The molecule has 1 fully saturated rings. The number of hydrogen-bond acceptors (Lipinski definition) is 7.